The summed E-state index contributed by atoms with van der Waals surface area (Å²) >= 11 is 0. The second kappa shape index (κ2) is 13.0. The Kier molecular flexibility index (Phi) is 8.32. The zero-order valence-electron chi connectivity index (χ0n) is 23.9. The van der Waals surface area contributed by atoms with Crippen molar-refractivity contribution >= 4 is 28.1 Å². The molecule has 0 fully saturated rings. The van der Waals surface area contributed by atoms with Gasteiger partial charge in [0.1, 0.15) is 12.4 Å². The van der Waals surface area contributed by atoms with Crippen molar-refractivity contribution in [1.82, 2.24) is 15.0 Å². The molecule has 0 aliphatic rings. The van der Waals surface area contributed by atoms with E-state index < -0.39 is 0 Å². The average Bonchev–Trinajstić information content (AvgIpc) is 3.07. The normalized spacial score (nSPS) is 11.4. The van der Waals surface area contributed by atoms with Crippen molar-refractivity contribution in [1.29, 1.82) is 0 Å². The number of nitrogen functional groups attached to an aromatic ring is 1. The first kappa shape index (κ1) is 27.6. The number of hydrogen-bond donors (Lipinski definition) is 1. The summed E-state index contributed by atoms with van der Waals surface area (Å²) in [6.45, 7) is 4.39. The molecule has 2 N–H and O–H groups in total. The second-order valence-electron chi connectivity index (χ2n) is 10.2. The number of nitrogens with two attached hydrogens (primary N) is 1. The summed E-state index contributed by atoms with van der Waals surface area (Å²) in [6.07, 6.45) is 5.66. The number of aromatic nitrogens is 3. The molecule has 0 saturated heterocycles. The highest BCUT2D eigenvalue weighted by molar-refractivity contribution is 5.96. The van der Waals surface area contributed by atoms with Gasteiger partial charge in [-0.1, -0.05) is 115 Å². The number of fused-ring (bicyclic) bond motifs is 1. The highest BCUT2D eigenvalue weighted by atomic mass is 16.5. The molecule has 6 rings (SSSR count). The molecule has 0 aliphatic carbocycles. The van der Waals surface area contributed by atoms with E-state index in [9.17, 15) is 0 Å². The van der Waals surface area contributed by atoms with E-state index in [4.69, 9.17) is 25.4 Å². The van der Waals surface area contributed by atoms with E-state index in [-0.39, 0.29) is 0 Å². The van der Waals surface area contributed by atoms with Crippen LogP contribution in [0.2, 0.25) is 0 Å². The van der Waals surface area contributed by atoms with E-state index in [1.807, 2.05) is 91.0 Å². The Hall–Kier alpha value is -5.55. The first-order valence-electron chi connectivity index (χ1n) is 14.4. The molecule has 43 heavy (non-hydrogen) atoms. The maximum Gasteiger partial charge on any atom is 0.164 e. The highest BCUT2D eigenvalue weighted by Gasteiger charge is 2.15. The molecule has 6 aromatic rings. The Morgan fingerprint density at radius 2 is 1.28 bits per heavy atom. The van der Waals surface area contributed by atoms with Crippen LogP contribution in [0.1, 0.15) is 29.8 Å². The zero-order valence-corrected chi connectivity index (χ0v) is 23.9. The third-order valence-corrected chi connectivity index (χ3v) is 7.28. The lowest BCUT2D eigenvalue weighted by Gasteiger charge is -2.14. The van der Waals surface area contributed by atoms with Gasteiger partial charge in [-0.15, -0.1) is 6.58 Å². The van der Waals surface area contributed by atoms with Gasteiger partial charge in [0.25, 0.3) is 0 Å². The van der Waals surface area contributed by atoms with E-state index in [1.165, 1.54) is 0 Å². The lowest BCUT2D eigenvalue weighted by atomic mass is 9.97. The van der Waals surface area contributed by atoms with E-state index in [1.54, 1.807) is 0 Å². The number of hydrogen-bond acceptors (Lipinski definition) is 5. The van der Waals surface area contributed by atoms with Gasteiger partial charge in [0.05, 0.1) is 5.69 Å². The zero-order chi connectivity index (χ0) is 29.4. The van der Waals surface area contributed by atoms with Gasteiger partial charge in [0.2, 0.25) is 0 Å². The van der Waals surface area contributed by atoms with E-state index in [2.05, 4.69) is 49.1 Å². The first-order chi connectivity index (χ1) is 21.2. The van der Waals surface area contributed by atoms with Crippen LogP contribution in [-0.4, -0.2) is 15.0 Å². The van der Waals surface area contributed by atoms with Crippen molar-refractivity contribution < 1.29 is 4.74 Å². The van der Waals surface area contributed by atoms with Crippen molar-refractivity contribution in [2.24, 2.45) is 0 Å². The summed E-state index contributed by atoms with van der Waals surface area (Å²) in [6, 6.07) is 40.3. The fourth-order valence-electron chi connectivity index (χ4n) is 5.05. The molecule has 1 heterocycles. The van der Waals surface area contributed by atoms with Crippen LogP contribution < -0.4 is 10.5 Å². The van der Waals surface area contributed by atoms with Crippen LogP contribution in [0.4, 0.5) is 5.69 Å². The number of rotatable bonds is 10. The number of ether oxygens (including phenoxy) is 1. The summed E-state index contributed by atoms with van der Waals surface area (Å²) in [7, 11) is 0. The maximum absolute atomic E-state index is 6.11. The minimum atomic E-state index is 0.413. The van der Waals surface area contributed by atoms with Crippen molar-refractivity contribution in [2.75, 3.05) is 5.73 Å². The molecule has 0 aliphatic heterocycles. The van der Waals surface area contributed by atoms with Gasteiger partial charge in [-0.3, -0.25) is 0 Å². The Morgan fingerprint density at radius 3 is 1.93 bits per heavy atom. The van der Waals surface area contributed by atoms with Crippen LogP contribution in [-0.2, 0) is 6.61 Å². The summed E-state index contributed by atoms with van der Waals surface area (Å²) in [5.74, 6) is 2.63. The molecule has 0 bridgehead atoms. The van der Waals surface area contributed by atoms with E-state index in [0.29, 0.717) is 35.5 Å². The number of para-hydroxylation sites is 2. The lowest BCUT2D eigenvalue weighted by Crippen LogP contribution is -2.03. The van der Waals surface area contributed by atoms with Crippen LogP contribution in [0.5, 0.6) is 5.75 Å². The van der Waals surface area contributed by atoms with Crippen LogP contribution in [0.25, 0.3) is 45.2 Å². The van der Waals surface area contributed by atoms with Gasteiger partial charge in [-0.2, -0.15) is 0 Å². The molecule has 0 unspecified atom stereocenters. The average molecular weight is 561 g/mol. The van der Waals surface area contributed by atoms with E-state index in [0.717, 1.165) is 51.4 Å². The SMILES string of the molecule is C=CCC/C(=C/c1ccc(COc2ccccc2N)c2ccccc12)c1nc(-c2ccccc2)nc(-c2ccccc2)n1. The van der Waals surface area contributed by atoms with Crippen LogP contribution in [0.3, 0.4) is 0 Å². The molecule has 0 radical (unpaired) electrons. The number of allylic oxidation sites excluding steroid dienone is 2. The van der Waals surface area contributed by atoms with Crippen LogP contribution in [0, 0.1) is 0 Å². The molecule has 0 amide bonds. The minimum Gasteiger partial charge on any atom is -0.487 e. The number of nitrogens with zero attached hydrogens (tertiary/aromatic N) is 3. The van der Waals surface area contributed by atoms with Gasteiger partial charge in [0.15, 0.2) is 17.5 Å². The summed E-state index contributed by atoms with van der Waals surface area (Å²) in [4.78, 5) is 14.8. The van der Waals surface area contributed by atoms with Crippen LogP contribution in [0.15, 0.2) is 134 Å². The third kappa shape index (κ3) is 6.36. The minimum absolute atomic E-state index is 0.413. The van der Waals surface area contributed by atoms with Gasteiger partial charge >= 0.3 is 0 Å². The largest absolute Gasteiger partial charge is 0.487 e. The number of anilines is 1. The molecule has 5 nitrogen and oxygen atoms in total. The fourth-order valence-corrected chi connectivity index (χ4v) is 5.05. The standard InChI is InChI=1S/C38H32N4O/c1-2-3-14-30(38-41-36(27-15-6-4-7-16-27)40-37(42-38)28-17-8-5-9-18-28)25-29-23-24-31(33-20-11-10-19-32(29)33)26-43-35-22-13-12-21-34(35)39/h2,4-13,15-25H,1,3,14,26,39H2/b30-25-. The lowest BCUT2D eigenvalue weighted by molar-refractivity contribution is 0.309. The van der Waals surface area contributed by atoms with Crippen LogP contribution >= 0.6 is 0 Å². The molecular formula is C38H32N4O. The Morgan fingerprint density at radius 1 is 0.674 bits per heavy atom. The summed E-state index contributed by atoms with van der Waals surface area (Å²) in [5.41, 5.74) is 11.8. The smallest absolute Gasteiger partial charge is 0.164 e. The predicted octanol–water partition coefficient (Wildman–Crippen LogP) is 9.03. The van der Waals surface area contributed by atoms with Crippen molar-refractivity contribution in [3.05, 3.63) is 151 Å². The first-order valence-corrected chi connectivity index (χ1v) is 14.4. The Balaban J connectivity index is 1.45. The molecule has 210 valence electrons. The van der Waals surface area contributed by atoms with Crippen molar-refractivity contribution in [2.45, 2.75) is 19.4 Å². The summed E-state index contributed by atoms with van der Waals surface area (Å²) < 4.78 is 6.11. The Labute approximate surface area is 252 Å². The Bertz CT molecular complexity index is 1840. The molecule has 0 spiro atoms. The van der Waals surface area contributed by atoms with Gasteiger partial charge in [-0.05, 0) is 58.5 Å². The highest BCUT2D eigenvalue weighted by Crippen LogP contribution is 2.31. The quantitative estimate of drug-likeness (QED) is 0.134. The fraction of sp³-hybridized carbons (Fsp3) is 0.0789. The molecule has 0 saturated carbocycles. The van der Waals surface area contributed by atoms with Crippen molar-refractivity contribution in [3.63, 3.8) is 0 Å². The molecular weight excluding hydrogens is 528 g/mol. The predicted molar refractivity (Wildman–Crippen MR) is 177 cm³/mol. The molecule has 5 aromatic carbocycles. The van der Waals surface area contributed by atoms with Gasteiger partial charge in [-0.25, -0.2) is 15.0 Å². The third-order valence-electron chi connectivity index (χ3n) is 7.28. The molecule has 5 heteroatoms. The van der Waals surface area contributed by atoms with Gasteiger partial charge < -0.3 is 10.5 Å². The van der Waals surface area contributed by atoms with E-state index >= 15 is 0 Å². The monoisotopic (exact) mass is 560 g/mol. The maximum atomic E-state index is 6.11. The summed E-state index contributed by atoms with van der Waals surface area (Å²) in [5, 5.41) is 2.25. The molecule has 0 atom stereocenters. The van der Waals surface area contributed by atoms with Crippen molar-refractivity contribution in [3.8, 4) is 28.5 Å². The van der Waals surface area contributed by atoms with Gasteiger partial charge in [0, 0.05) is 11.1 Å². The number of benzene rings is 5. The molecule has 1 aromatic heterocycles. The topological polar surface area (TPSA) is 73.9 Å². The second-order valence-corrected chi connectivity index (χ2v) is 10.2.